The van der Waals surface area contributed by atoms with E-state index in [-0.39, 0.29) is 0 Å². The number of nitrogens with one attached hydrogen (secondary N) is 1. The predicted octanol–water partition coefficient (Wildman–Crippen LogP) is -1.26. The first kappa shape index (κ1) is 8.72. The molecule has 0 fully saturated rings. The normalized spacial score (nSPS) is 24.8. The Balaban J connectivity index is 3.15. The highest BCUT2D eigenvalue weighted by molar-refractivity contribution is 5.86. The zero-order chi connectivity index (χ0) is 9.73. The summed E-state index contributed by atoms with van der Waals surface area (Å²) >= 11 is 0. The van der Waals surface area contributed by atoms with Crippen molar-refractivity contribution in [3.05, 3.63) is 0 Å². The fraction of sp³-hybridized carbons (Fsp3) is 0.250. The lowest BCUT2D eigenvalue weighted by Gasteiger charge is -2.17. The average molecular weight is 183 g/mol. The van der Waals surface area contributed by atoms with E-state index in [9.17, 15) is 14.4 Å². The summed E-state index contributed by atoms with van der Waals surface area (Å²) < 4.78 is 0. The molecule has 1 amide bonds. The van der Waals surface area contributed by atoms with Gasteiger partial charge in [0.15, 0.2) is 0 Å². The number of hydrogen-bond acceptors (Lipinski definition) is 8. The third kappa shape index (κ3) is 1.45. The third-order valence-corrected chi connectivity index (χ3v) is 1.05. The molecule has 0 saturated heterocycles. The van der Waals surface area contributed by atoms with Crippen LogP contribution in [-0.4, -0.2) is 23.9 Å². The Kier molecular flexibility index (Phi) is 2.25. The molecule has 0 aromatic rings. The minimum absolute atomic E-state index is 1.01. The molecule has 0 aliphatic carbocycles. The Bertz CT molecular complexity index is 332. The number of hydrogen-bond donors (Lipinski definition) is 1. The Morgan fingerprint density at radius 3 is 2.46 bits per heavy atom. The van der Waals surface area contributed by atoms with Gasteiger partial charge < -0.3 is 4.84 Å². The van der Waals surface area contributed by atoms with Crippen LogP contribution in [0.1, 0.15) is 0 Å². The smallest absolute Gasteiger partial charge is 0.310 e. The molecule has 9 heteroatoms. The molecule has 0 radical (unpaired) electrons. The molecule has 0 bridgehead atoms. The van der Waals surface area contributed by atoms with E-state index in [1.165, 1.54) is 0 Å². The van der Waals surface area contributed by atoms with Crippen LogP contribution < -0.4 is 5.43 Å². The van der Waals surface area contributed by atoms with E-state index in [4.69, 9.17) is 0 Å². The second-order valence-electron chi connectivity index (χ2n) is 1.73. The van der Waals surface area contributed by atoms with E-state index < -0.39 is 11.8 Å². The second-order valence-corrected chi connectivity index (χ2v) is 1.73. The molecular weight excluding hydrogens is 182 g/mol. The van der Waals surface area contributed by atoms with Crippen molar-refractivity contribution in [2.45, 2.75) is 5.85 Å². The summed E-state index contributed by atoms with van der Waals surface area (Å²) in [7, 11) is 0. The summed E-state index contributed by atoms with van der Waals surface area (Å²) in [5.74, 6) is -3.40. The van der Waals surface area contributed by atoms with E-state index in [1.54, 1.807) is 5.43 Å². The summed E-state index contributed by atoms with van der Waals surface area (Å²) in [6.07, 6.45) is 2.02. The molecule has 0 spiro atoms. The van der Waals surface area contributed by atoms with Crippen LogP contribution in [-0.2, 0) is 19.2 Å². The minimum atomic E-state index is -2.37. The van der Waals surface area contributed by atoms with Crippen LogP contribution >= 0.6 is 0 Å². The van der Waals surface area contributed by atoms with Gasteiger partial charge in [0.2, 0.25) is 12.2 Å². The molecule has 1 aliphatic rings. The number of carbonyl (C=O) groups is 1. The maximum Gasteiger partial charge on any atom is 0.426 e. The summed E-state index contributed by atoms with van der Waals surface area (Å²) in [6.45, 7) is 0. The molecule has 0 unspecified atom stereocenters. The average Bonchev–Trinajstić information content (AvgIpc) is 2.11. The number of carbonyl (C=O) groups excluding carboxylic acids is 3. The molecule has 0 atom stereocenters. The number of aliphatic imine (C=N–C) groups is 2. The van der Waals surface area contributed by atoms with E-state index in [1.807, 2.05) is 0 Å². The van der Waals surface area contributed by atoms with Gasteiger partial charge in [0.1, 0.15) is 0 Å². The summed E-state index contributed by atoms with van der Waals surface area (Å²) in [5, 5.41) is 5.81. The van der Waals surface area contributed by atoms with Crippen molar-refractivity contribution in [2.75, 3.05) is 0 Å². The molecule has 1 aliphatic heterocycles. The Morgan fingerprint density at radius 1 is 1.38 bits per heavy atom. The maximum absolute atomic E-state index is 11.0. The number of isocyanates is 2. The van der Waals surface area contributed by atoms with Gasteiger partial charge in [0.25, 0.3) is 0 Å². The maximum atomic E-state index is 11.0. The highest BCUT2D eigenvalue weighted by Gasteiger charge is 2.45. The molecule has 0 saturated carbocycles. The molecule has 0 aromatic carbocycles. The fourth-order valence-electron chi connectivity index (χ4n) is 0.549. The number of amides is 1. The lowest BCUT2D eigenvalue weighted by atomic mass is 10.4. The standard InChI is InChI=1S/C4HN5O4/c10-1-5-4(6-2-11)3(12)7-8-9-13-4/h(H,7,9,12). The van der Waals surface area contributed by atoms with Gasteiger partial charge in [-0.1, -0.05) is 0 Å². The summed E-state index contributed by atoms with van der Waals surface area (Å²) in [5.41, 5.74) is 1.79. The van der Waals surface area contributed by atoms with Gasteiger partial charge >= 0.3 is 11.8 Å². The van der Waals surface area contributed by atoms with E-state index in [2.05, 4.69) is 25.3 Å². The van der Waals surface area contributed by atoms with Crippen molar-refractivity contribution >= 4 is 18.1 Å². The number of rotatable bonds is 2. The van der Waals surface area contributed by atoms with E-state index in [0.717, 1.165) is 12.2 Å². The number of nitrogens with zero attached hydrogens (tertiary/aromatic N) is 4. The van der Waals surface area contributed by atoms with Crippen LogP contribution in [0.15, 0.2) is 20.5 Å². The monoisotopic (exact) mass is 183 g/mol. The lowest BCUT2D eigenvalue weighted by molar-refractivity contribution is -0.153. The fourth-order valence-corrected chi connectivity index (χ4v) is 0.549. The summed E-state index contributed by atoms with van der Waals surface area (Å²) in [4.78, 5) is 40.7. The SMILES string of the molecule is O=C=NC1(N=C=O)ON=NNC1=O. The Hall–Kier alpha value is -2.37. The third-order valence-electron chi connectivity index (χ3n) is 1.05. The topological polar surface area (TPSA) is 122 Å². The van der Waals surface area contributed by atoms with Crippen molar-refractivity contribution in [3.8, 4) is 0 Å². The first-order valence-corrected chi connectivity index (χ1v) is 2.82. The predicted molar refractivity (Wildman–Crippen MR) is 33.1 cm³/mol. The highest BCUT2D eigenvalue weighted by atomic mass is 16.7. The van der Waals surface area contributed by atoms with Crippen molar-refractivity contribution in [1.82, 2.24) is 5.43 Å². The van der Waals surface area contributed by atoms with Crippen LogP contribution in [0.4, 0.5) is 0 Å². The Morgan fingerprint density at radius 2 is 2.00 bits per heavy atom. The largest absolute Gasteiger partial charge is 0.426 e. The van der Waals surface area contributed by atoms with E-state index >= 15 is 0 Å². The molecule has 1 N–H and O–H groups in total. The van der Waals surface area contributed by atoms with Gasteiger partial charge in [-0.15, -0.1) is 9.98 Å². The van der Waals surface area contributed by atoms with Crippen molar-refractivity contribution in [2.24, 2.45) is 20.5 Å². The van der Waals surface area contributed by atoms with Crippen LogP contribution in [0.2, 0.25) is 0 Å². The Labute approximate surface area is 70.1 Å². The van der Waals surface area contributed by atoms with Gasteiger partial charge in [-0.3, -0.25) is 4.79 Å². The lowest BCUT2D eigenvalue weighted by Crippen LogP contribution is -2.45. The van der Waals surface area contributed by atoms with Crippen molar-refractivity contribution in [3.63, 3.8) is 0 Å². The first-order valence-electron chi connectivity index (χ1n) is 2.82. The van der Waals surface area contributed by atoms with Gasteiger partial charge in [-0.25, -0.2) is 15.0 Å². The van der Waals surface area contributed by atoms with Crippen LogP contribution in [0.25, 0.3) is 0 Å². The molecule has 1 rings (SSSR count). The zero-order valence-electron chi connectivity index (χ0n) is 5.92. The highest BCUT2D eigenvalue weighted by Crippen LogP contribution is 2.17. The molecular formula is C4HN5O4. The van der Waals surface area contributed by atoms with Crippen molar-refractivity contribution in [1.29, 1.82) is 0 Å². The van der Waals surface area contributed by atoms with Gasteiger partial charge in [-0.2, -0.15) is 0 Å². The van der Waals surface area contributed by atoms with Gasteiger partial charge in [0.05, 0.1) is 5.28 Å². The first-order chi connectivity index (χ1) is 6.25. The van der Waals surface area contributed by atoms with Gasteiger partial charge in [-0.05, 0) is 5.22 Å². The van der Waals surface area contributed by atoms with Crippen LogP contribution in [0.3, 0.4) is 0 Å². The molecule has 66 valence electrons. The molecule has 0 aromatic heterocycles. The van der Waals surface area contributed by atoms with Gasteiger partial charge in [0, 0.05) is 0 Å². The van der Waals surface area contributed by atoms with Crippen molar-refractivity contribution < 1.29 is 19.2 Å². The second kappa shape index (κ2) is 3.35. The molecule has 1 heterocycles. The van der Waals surface area contributed by atoms with Crippen LogP contribution in [0, 0.1) is 0 Å². The summed E-state index contributed by atoms with van der Waals surface area (Å²) in [6, 6.07) is 0. The molecule has 13 heavy (non-hydrogen) atoms. The zero-order valence-corrected chi connectivity index (χ0v) is 5.92. The molecule has 9 nitrogen and oxygen atoms in total. The van der Waals surface area contributed by atoms with E-state index in [0.29, 0.717) is 0 Å². The quantitative estimate of drug-likeness (QED) is 0.424. The van der Waals surface area contributed by atoms with Crippen LogP contribution in [0.5, 0.6) is 0 Å². The minimum Gasteiger partial charge on any atom is -0.310 e.